The summed E-state index contributed by atoms with van der Waals surface area (Å²) in [5, 5.41) is 15.6. The Kier molecular flexibility index (Phi) is 9.48. The number of hydrogen-bond donors (Lipinski definition) is 0. The molecule has 0 N–H and O–H groups in total. The summed E-state index contributed by atoms with van der Waals surface area (Å²) < 4.78 is 80.3. The first kappa shape index (κ1) is 32.4. The number of hydrogen-bond acceptors (Lipinski definition) is 10. The van der Waals surface area contributed by atoms with E-state index < -0.39 is 39.7 Å². The van der Waals surface area contributed by atoms with E-state index in [1.807, 2.05) is 4.90 Å². The van der Waals surface area contributed by atoms with E-state index in [1.165, 1.54) is 24.3 Å². The Bertz CT molecular complexity index is 1610. The molecule has 242 valence electrons. The molecule has 3 aromatic rings. The maximum Gasteiger partial charge on any atom is 0.573 e. The quantitative estimate of drug-likeness (QED) is 0.156. The average Bonchev–Trinajstić information content (AvgIpc) is 2.97. The van der Waals surface area contributed by atoms with E-state index in [9.17, 15) is 41.3 Å². The Balaban J connectivity index is 1.10. The van der Waals surface area contributed by atoms with E-state index >= 15 is 0 Å². The fraction of sp³-hybridized carbons (Fsp3) is 0.464. The number of nitro benzene ring substituents is 1. The highest BCUT2D eigenvalue weighted by Gasteiger charge is 2.35. The SMILES string of the molecule is O=c1nc(N2CCN(CC3CCC(=NOCc4ccc(OC(F)(F)F)cc4)CC3)CC2)sc2c([N+](=O)[O-])cc(C(F)(F)F)cc12. The third-order valence-electron chi connectivity index (χ3n) is 7.64. The summed E-state index contributed by atoms with van der Waals surface area (Å²) in [6, 6.07) is 6.45. The second-order valence-electron chi connectivity index (χ2n) is 10.8. The number of halogens is 6. The van der Waals surface area contributed by atoms with E-state index in [0.29, 0.717) is 49.8 Å². The standard InChI is InChI=1S/C28H27F6N5O5S/c29-27(30,31)19-13-22-24(23(14-19)39(41)42)45-26(35-25(22)40)38-11-9-37(10-12-38)15-17-1-5-20(6-2-17)36-43-16-18-3-7-21(8-4-18)44-28(32,33)34/h3-4,7-8,13-14,17H,1-2,5-6,9-12,15-16H2. The van der Waals surface area contributed by atoms with Gasteiger partial charge >= 0.3 is 12.5 Å². The lowest BCUT2D eigenvalue weighted by molar-refractivity contribution is -0.383. The van der Waals surface area contributed by atoms with Gasteiger partial charge in [0.05, 0.1) is 21.6 Å². The number of nitrogens with zero attached hydrogens (tertiary/aromatic N) is 5. The van der Waals surface area contributed by atoms with Crippen molar-refractivity contribution in [2.24, 2.45) is 11.1 Å². The van der Waals surface area contributed by atoms with Crippen LogP contribution in [0.4, 0.5) is 37.2 Å². The van der Waals surface area contributed by atoms with Crippen LogP contribution >= 0.6 is 11.3 Å². The third-order valence-corrected chi connectivity index (χ3v) is 8.80. The van der Waals surface area contributed by atoms with Gasteiger partial charge in [0.1, 0.15) is 17.1 Å². The van der Waals surface area contributed by atoms with Crippen molar-refractivity contribution >= 4 is 38.0 Å². The van der Waals surface area contributed by atoms with Crippen LogP contribution in [-0.2, 0) is 17.6 Å². The first-order valence-corrected chi connectivity index (χ1v) is 14.8. The normalized spacial score (nSPS) is 18.2. The fourth-order valence-corrected chi connectivity index (χ4v) is 6.45. The zero-order chi connectivity index (χ0) is 32.4. The average molecular weight is 660 g/mol. The highest BCUT2D eigenvalue weighted by atomic mass is 32.1. The van der Waals surface area contributed by atoms with E-state index in [-0.39, 0.29) is 22.2 Å². The molecular weight excluding hydrogens is 632 g/mol. The molecule has 2 heterocycles. The van der Waals surface area contributed by atoms with Crippen LogP contribution in [0.3, 0.4) is 0 Å². The molecule has 1 saturated carbocycles. The first-order chi connectivity index (χ1) is 21.2. The van der Waals surface area contributed by atoms with Gasteiger partial charge in [-0.2, -0.15) is 18.2 Å². The van der Waals surface area contributed by atoms with E-state index in [4.69, 9.17) is 4.84 Å². The van der Waals surface area contributed by atoms with Crippen LogP contribution in [0.1, 0.15) is 36.8 Å². The first-order valence-electron chi connectivity index (χ1n) is 14.0. The van der Waals surface area contributed by atoms with Crippen LogP contribution in [0.25, 0.3) is 10.1 Å². The minimum atomic E-state index is -4.84. The molecule has 17 heteroatoms. The van der Waals surface area contributed by atoms with Crippen molar-refractivity contribution in [2.75, 3.05) is 37.6 Å². The predicted molar refractivity (Wildman–Crippen MR) is 154 cm³/mol. The van der Waals surface area contributed by atoms with Crippen molar-refractivity contribution in [1.82, 2.24) is 9.88 Å². The molecule has 45 heavy (non-hydrogen) atoms. The van der Waals surface area contributed by atoms with Gasteiger partial charge in [-0.15, -0.1) is 13.2 Å². The van der Waals surface area contributed by atoms with Crippen LogP contribution in [0.15, 0.2) is 46.3 Å². The van der Waals surface area contributed by atoms with Gasteiger partial charge in [-0.25, -0.2) is 0 Å². The molecule has 2 aliphatic rings. The number of benzene rings is 2. The number of aromatic nitrogens is 1. The van der Waals surface area contributed by atoms with Crippen molar-refractivity contribution in [1.29, 1.82) is 0 Å². The number of alkyl halides is 6. The summed E-state index contributed by atoms with van der Waals surface area (Å²) in [5.74, 6) is 0.120. The van der Waals surface area contributed by atoms with Gasteiger partial charge in [-0.1, -0.05) is 28.6 Å². The maximum atomic E-state index is 13.2. The summed E-state index contributed by atoms with van der Waals surface area (Å²) in [6.45, 7) is 3.28. The Morgan fingerprint density at radius 2 is 1.69 bits per heavy atom. The van der Waals surface area contributed by atoms with Crippen LogP contribution in [0.5, 0.6) is 5.75 Å². The van der Waals surface area contributed by atoms with E-state index in [0.717, 1.165) is 49.3 Å². The maximum absolute atomic E-state index is 13.2. The molecule has 0 unspecified atom stereocenters. The molecule has 0 bridgehead atoms. The fourth-order valence-electron chi connectivity index (χ4n) is 5.33. The number of rotatable bonds is 8. The van der Waals surface area contributed by atoms with E-state index in [1.54, 1.807) is 0 Å². The molecule has 1 aliphatic heterocycles. The van der Waals surface area contributed by atoms with Gasteiger partial charge < -0.3 is 14.5 Å². The number of anilines is 1. The number of non-ortho nitro benzene ring substituents is 1. The topological polar surface area (TPSA) is 110 Å². The van der Waals surface area contributed by atoms with E-state index in [2.05, 4.69) is 19.8 Å². The molecule has 1 saturated heterocycles. The van der Waals surface area contributed by atoms with Crippen LogP contribution < -0.4 is 15.2 Å². The second kappa shape index (κ2) is 13.2. The molecular formula is C28H27F6N5O5S. The summed E-state index contributed by atoms with van der Waals surface area (Å²) in [7, 11) is 0. The Morgan fingerprint density at radius 3 is 2.29 bits per heavy atom. The van der Waals surface area contributed by atoms with Crippen LogP contribution in [-0.4, -0.2) is 59.6 Å². The van der Waals surface area contributed by atoms with Gasteiger partial charge in [0, 0.05) is 38.8 Å². The molecule has 0 amide bonds. The summed E-state index contributed by atoms with van der Waals surface area (Å²) in [4.78, 5) is 36.8. The molecule has 1 aliphatic carbocycles. The predicted octanol–water partition coefficient (Wildman–Crippen LogP) is 6.37. The van der Waals surface area contributed by atoms with Gasteiger partial charge in [-0.3, -0.25) is 19.8 Å². The Labute approximate surface area is 256 Å². The molecule has 2 aromatic carbocycles. The zero-order valence-electron chi connectivity index (χ0n) is 23.6. The monoisotopic (exact) mass is 659 g/mol. The van der Waals surface area contributed by atoms with Gasteiger partial charge in [0.15, 0.2) is 5.13 Å². The second-order valence-corrected chi connectivity index (χ2v) is 11.8. The van der Waals surface area contributed by atoms with Gasteiger partial charge in [0.2, 0.25) is 0 Å². The molecule has 5 rings (SSSR count). The largest absolute Gasteiger partial charge is 0.573 e. The van der Waals surface area contributed by atoms with Crippen molar-refractivity contribution < 1.29 is 40.8 Å². The zero-order valence-corrected chi connectivity index (χ0v) is 24.4. The Morgan fingerprint density at radius 1 is 1.02 bits per heavy atom. The highest BCUT2D eigenvalue weighted by molar-refractivity contribution is 7.22. The van der Waals surface area contributed by atoms with Crippen molar-refractivity contribution in [3.8, 4) is 5.75 Å². The molecule has 10 nitrogen and oxygen atoms in total. The number of oxime groups is 1. The van der Waals surface area contributed by atoms with Crippen molar-refractivity contribution in [3.05, 3.63) is 68.0 Å². The number of nitro groups is 1. The molecule has 0 atom stereocenters. The summed E-state index contributed by atoms with van der Waals surface area (Å²) >= 11 is 0.842. The van der Waals surface area contributed by atoms with Crippen molar-refractivity contribution in [2.45, 2.75) is 44.8 Å². The number of piperazine rings is 1. The molecule has 1 aromatic heterocycles. The smallest absolute Gasteiger partial charge is 0.406 e. The minimum absolute atomic E-state index is 0.117. The van der Waals surface area contributed by atoms with Crippen molar-refractivity contribution in [3.63, 3.8) is 0 Å². The lowest BCUT2D eigenvalue weighted by Gasteiger charge is -2.37. The van der Waals surface area contributed by atoms with Gasteiger partial charge in [-0.05, 0) is 55.4 Å². The lowest BCUT2D eigenvalue weighted by atomic mass is 9.87. The van der Waals surface area contributed by atoms with Gasteiger partial charge in [0.25, 0.3) is 11.2 Å². The third kappa shape index (κ3) is 8.39. The lowest BCUT2D eigenvalue weighted by Crippen LogP contribution is -2.48. The molecule has 2 fully saturated rings. The highest BCUT2D eigenvalue weighted by Crippen LogP contribution is 2.38. The number of fused-ring (bicyclic) bond motifs is 1. The van der Waals surface area contributed by atoms with Crippen LogP contribution in [0, 0.1) is 16.0 Å². The minimum Gasteiger partial charge on any atom is -0.406 e. The number of ether oxygens (including phenoxy) is 1. The summed E-state index contributed by atoms with van der Waals surface area (Å²) in [6.07, 6.45) is -6.27. The molecule has 0 spiro atoms. The summed E-state index contributed by atoms with van der Waals surface area (Å²) in [5.41, 5.74) is -1.41. The Hall–Kier alpha value is -3.99. The molecule has 0 radical (unpaired) electrons. The van der Waals surface area contributed by atoms with Crippen LogP contribution in [0.2, 0.25) is 0 Å².